The molecule has 2 aromatic heterocycles. The molecule has 0 aliphatic heterocycles. The predicted octanol–water partition coefficient (Wildman–Crippen LogP) is 2.07. The summed E-state index contributed by atoms with van der Waals surface area (Å²) in [5, 5.41) is 27.6. The molecule has 0 unspecified atom stereocenters. The number of hydrogen-bond acceptors (Lipinski definition) is 7. The Hall–Kier alpha value is -2.62. The Kier molecular flexibility index (Phi) is 5.94. The van der Waals surface area contributed by atoms with Crippen LogP contribution < -0.4 is 5.32 Å². The summed E-state index contributed by atoms with van der Waals surface area (Å²) in [6, 6.07) is 9.06. The molecular formula is C21H21BrN5O3. The lowest BCUT2D eigenvalue weighted by molar-refractivity contribution is 0.0256. The molecule has 4 rings (SSSR count). The van der Waals surface area contributed by atoms with E-state index in [0.717, 1.165) is 10.0 Å². The second-order valence-corrected chi connectivity index (χ2v) is 8.29. The van der Waals surface area contributed by atoms with Crippen LogP contribution in [0, 0.1) is 12.8 Å². The van der Waals surface area contributed by atoms with E-state index in [1.54, 1.807) is 16.9 Å². The van der Waals surface area contributed by atoms with Crippen LogP contribution >= 0.6 is 15.9 Å². The molecule has 1 aliphatic carbocycles. The number of anilines is 1. The second kappa shape index (κ2) is 8.63. The van der Waals surface area contributed by atoms with Crippen molar-refractivity contribution in [1.29, 1.82) is 0 Å². The van der Waals surface area contributed by atoms with Crippen LogP contribution in [0.2, 0.25) is 0 Å². The Morgan fingerprint density at radius 3 is 2.87 bits per heavy atom. The predicted molar refractivity (Wildman–Crippen MR) is 114 cm³/mol. The maximum Gasteiger partial charge on any atom is 0.218 e. The Morgan fingerprint density at radius 2 is 2.13 bits per heavy atom. The summed E-state index contributed by atoms with van der Waals surface area (Å²) < 4.78 is 2.67. The van der Waals surface area contributed by atoms with E-state index in [1.807, 2.05) is 24.3 Å². The van der Waals surface area contributed by atoms with E-state index in [2.05, 4.69) is 43.2 Å². The molecule has 9 heteroatoms. The van der Waals surface area contributed by atoms with E-state index < -0.39 is 18.2 Å². The molecule has 3 aromatic rings. The molecule has 3 N–H and O–H groups in total. The third kappa shape index (κ3) is 4.28. The minimum Gasteiger partial charge on any atom is -0.390 e. The number of carbonyl (C=O) groups excluding carboxylic acids is 1. The lowest BCUT2D eigenvalue weighted by atomic mass is 10.1. The third-order valence-corrected chi connectivity index (χ3v) is 5.68. The van der Waals surface area contributed by atoms with Gasteiger partial charge in [-0.1, -0.05) is 28.1 Å². The highest BCUT2D eigenvalue weighted by atomic mass is 79.9. The number of aliphatic hydroxyl groups is 2. The van der Waals surface area contributed by atoms with Crippen molar-refractivity contribution in [2.45, 2.75) is 31.2 Å². The molecule has 1 aliphatic rings. The van der Waals surface area contributed by atoms with E-state index >= 15 is 0 Å². The molecule has 155 valence electrons. The smallest absolute Gasteiger partial charge is 0.218 e. The molecule has 1 fully saturated rings. The fourth-order valence-corrected chi connectivity index (χ4v) is 4.03. The number of hydrogen-bond donors (Lipinski definition) is 3. The summed E-state index contributed by atoms with van der Waals surface area (Å²) >= 11 is 3.45. The first-order valence-corrected chi connectivity index (χ1v) is 10.3. The van der Waals surface area contributed by atoms with Crippen molar-refractivity contribution < 1.29 is 15.0 Å². The standard InChI is InChI=1S/C21H21BrN5O3/c1-12-7-17(20(30)18(12)28)25-21-15(9-23-11-24-21)19(29)16-5-6-27(26-16)10-13-3-2-4-14(22)8-13/h2-6,8-9,11-12,17-18,20,28,30H,1,7,10H2,(H,23,24,25)/t12-,17-,18-,20+/m1/s1. The third-order valence-electron chi connectivity index (χ3n) is 5.19. The summed E-state index contributed by atoms with van der Waals surface area (Å²) in [6.45, 7) is 4.37. The van der Waals surface area contributed by atoms with Gasteiger partial charge in [-0.05, 0) is 43.0 Å². The lowest BCUT2D eigenvalue weighted by Crippen LogP contribution is -2.35. The molecule has 0 saturated heterocycles. The summed E-state index contributed by atoms with van der Waals surface area (Å²) in [4.78, 5) is 21.2. The van der Waals surface area contributed by atoms with Crippen molar-refractivity contribution in [3.63, 3.8) is 0 Å². The van der Waals surface area contributed by atoms with Crippen molar-refractivity contribution in [2.24, 2.45) is 5.92 Å². The van der Waals surface area contributed by atoms with Crippen molar-refractivity contribution >= 4 is 27.5 Å². The molecule has 4 atom stereocenters. The van der Waals surface area contributed by atoms with Gasteiger partial charge in [0, 0.05) is 16.9 Å². The minimum atomic E-state index is -0.991. The van der Waals surface area contributed by atoms with E-state index in [-0.39, 0.29) is 23.0 Å². The zero-order valence-electron chi connectivity index (χ0n) is 16.0. The molecule has 8 nitrogen and oxygen atoms in total. The van der Waals surface area contributed by atoms with Crippen LogP contribution in [0.1, 0.15) is 28.0 Å². The average molecular weight is 471 g/mol. The van der Waals surface area contributed by atoms with E-state index in [9.17, 15) is 15.0 Å². The van der Waals surface area contributed by atoms with Crippen molar-refractivity contribution in [3.05, 3.63) is 77.3 Å². The van der Waals surface area contributed by atoms with Gasteiger partial charge in [0.15, 0.2) is 0 Å². The van der Waals surface area contributed by atoms with Crippen LogP contribution in [0.25, 0.3) is 0 Å². The summed E-state index contributed by atoms with van der Waals surface area (Å²) in [6.07, 6.45) is 3.04. The molecule has 0 spiro atoms. The number of halogens is 1. The summed E-state index contributed by atoms with van der Waals surface area (Å²) in [7, 11) is 0. The summed E-state index contributed by atoms with van der Waals surface area (Å²) in [5.41, 5.74) is 1.57. The number of nitrogens with zero attached hydrogens (tertiary/aromatic N) is 4. The highest BCUT2D eigenvalue weighted by Crippen LogP contribution is 2.29. The maximum absolute atomic E-state index is 13.0. The van der Waals surface area contributed by atoms with Crippen molar-refractivity contribution in [2.75, 3.05) is 5.32 Å². The van der Waals surface area contributed by atoms with E-state index in [4.69, 9.17) is 0 Å². The van der Waals surface area contributed by atoms with Crippen LogP contribution in [0.15, 0.2) is 53.5 Å². The van der Waals surface area contributed by atoms with E-state index in [0.29, 0.717) is 18.8 Å². The Balaban J connectivity index is 1.52. The van der Waals surface area contributed by atoms with Gasteiger partial charge in [-0.2, -0.15) is 5.10 Å². The van der Waals surface area contributed by atoms with Gasteiger partial charge < -0.3 is 15.5 Å². The first-order valence-electron chi connectivity index (χ1n) is 9.50. The van der Waals surface area contributed by atoms with Gasteiger partial charge in [-0.15, -0.1) is 0 Å². The summed E-state index contributed by atoms with van der Waals surface area (Å²) in [5.74, 6) is -0.334. The number of benzene rings is 1. The van der Waals surface area contributed by atoms with Crippen LogP contribution in [-0.4, -0.2) is 54.0 Å². The Labute approximate surface area is 182 Å². The topological polar surface area (TPSA) is 113 Å². The monoisotopic (exact) mass is 470 g/mol. The van der Waals surface area contributed by atoms with Gasteiger partial charge in [-0.25, -0.2) is 9.97 Å². The normalized spacial score (nSPS) is 23.5. The van der Waals surface area contributed by atoms with Gasteiger partial charge in [-0.3, -0.25) is 9.48 Å². The minimum absolute atomic E-state index is 0.249. The van der Waals surface area contributed by atoms with Gasteiger partial charge in [0.2, 0.25) is 5.78 Å². The Bertz CT molecular complexity index is 1060. The van der Waals surface area contributed by atoms with Gasteiger partial charge >= 0.3 is 0 Å². The molecule has 30 heavy (non-hydrogen) atoms. The van der Waals surface area contributed by atoms with Gasteiger partial charge in [0.25, 0.3) is 0 Å². The number of aromatic nitrogens is 4. The second-order valence-electron chi connectivity index (χ2n) is 7.37. The van der Waals surface area contributed by atoms with Crippen LogP contribution in [0.5, 0.6) is 0 Å². The van der Waals surface area contributed by atoms with Crippen molar-refractivity contribution in [1.82, 2.24) is 19.7 Å². The Morgan fingerprint density at radius 1 is 1.30 bits per heavy atom. The molecule has 0 amide bonds. The first kappa shape index (κ1) is 20.6. The molecule has 1 saturated carbocycles. The highest BCUT2D eigenvalue weighted by molar-refractivity contribution is 9.10. The average Bonchev–Trinajstić information content (AvgIpc) is 3.29. The first-order chi connectivity index (χ1) is 14.4. The number of carbonyl (C=O) groups is 1. The zero-order valence-corrected chi connectivity index (χ0v) is 17.6. The molecule has 1 aromatic carbocycles. The van der Waals surface area contributed by atoms with Gasteiger partial charge in [0.1, 0.15) is 23.9 Å². The van der Waals surface area contributed by atoms with Gasteiger partial charge in [0.05, 0.1) is 24.3 Å². The highest BCUT2D eigenvalue weighted by Gasteiger charge is 2.39. The zero-order chi connectivity index (χ0) is 21.3. The van der Waals surface area contributed by atoms with E-state index in [1.165, 1.54) is 12.5 Å². The quantitative estimate of drug-likeness (QED) is 0.472. The number of aliphatic hydroxyl groups excluding tert-OH is 2. The van der Waals surface area contributed by atoms with Crippen LogP contribution in [-0.2, 0) is 6.54 Å². The largest absolute Gasteiger partial charge is 0.390 e. The van der Waals surface area contributed by atoms with Crippen LogP contribution in [0.3, 0.4) is 0 Å². The van der Waals surface area contributed by atoms with Crippen molar-refractivity contribution in [3.8, 4) is 0 Å². The SMILES string of the molecule is [CH2][C@@H]1C[C@@H](Nc2ncncc2C(=O)c2ccn(Cc3cccc(Br)c3)n2)[C@H](O)[C@@H]1O. The molecule has 2 heterocycles. The maximum atomic E-state index is 13.0. The number of nitrogens with one attached hydrogen (secondary N) is 1. The number of rotatable bonds is 6. The fraction of sp³-hybridized carbons (Fsp3) is 0.286. The molecule has 0 bridgehead atoms. The lowest BCUT2D eigenvalue weighted by Gasteiger charge is -2.19. The van der Waals surface area contributed by atoms with Crippen LogP contribution in [0.4, 0.5) is 5.82 Å². The fourth-order valence-electron chi connectivity index (χ4n) is 3.58. The molecule has 1 radical (unpaired) electrons. The number of ketones is 1. The molecular weight excluding hydrogens is 450 g/mol.